The molecule has 0 rings (SSSR count). The minimum atomic E-state index is -0.340. The van der Waals surface area contributed by atoms with Gasteiger partial charge in [0.15, 0.2) is 0 Å². The van der Waals surface area contributed by atoms with Crippen molar-refractivity contribution in [2.24, 2.45) is 5.73 Å². The van der Waals surface area contributed by atoms with Gasteiger partial charge in [0.2, 0.25) is 0 Å². The molecule has 2 N–H and O–H groups in total. The van der Waals surface area contributed by atoms with E-state index in [9.17, 15) is 4.79 Å². The van der Waals surface area contributed by atoms with Gasteiger partial charge in [-0.05, 0) is 13.8 Å². The molecular formula is C6H14N2O2. The summed E-state index contributed by atoms with van der Waals surface area (Å²) in [4.78, 5) is 12.4. The molecule has 0 unspecified atom stereocenters. The number of ether oxygens (including phenoxy) is 1. The first-order valence-electron chi connectivity index (χ1n) is 3.38. The van der Waals surface area contributed by atoms with Gasteiger partial charge in [0, 0.05) is 13.1 Å². The molecule has 0 aliphatic heterocycles. The molecule has 4 heteroatoms. The van der Waals surface area contributed by atoms with Crippen LogP contribution in [0.1, 0.15) is 13.8 Å². The Balaban J connectivity index is 3.65. The third-order valence-corrected chi connectivity index (χ3v) is 1.23. The van der Waals surface area contributed by atoms with Crippen LogP contribution in [0.25, 0.3) is 0 Å². The molecular weight excluding hydrogens is 132 g/mol. The monoisotopic (exact) mass is 146 g/mol. The van der Waals surface area contributed by atoms with Crippen LogP contribution in [0, 0.1) is 0 Å². The summed E-state index contributed by atoms with van der Waals surface area (Å²) in [7, 11) is 0. The molecule has 0 saturated heterocycles. The maximum Gasteiger partial charge on any atom is 0.411 e. The van der Waals surface area contributed by atoms with Crippen LogP contribution in [0.4, 0.5) is 4.79 Å². The third-order valence-electron chi connectivity index (χ3n) is 1.23. The molecule has 0 aromatic carbocycles. The number of nitrogens with two attached hydrogens (primary N) is 1. The van der Waals surface area contributed by atoms with Crippen LogP contribution in [0.3, 0.4) is 0 Å². The van der Waals surface area contributed by atoms with Crippen LogP contribution in [-0.2, 0) is 4.74 Å². The highest BCUT2D eigenvalue weighted by molar-refractivity contribution is 5.67. The molecule has 0 heterocycles. The Labute approximate surface area is 60.9 Å². The predicted octanol–water partition coefficient (Wildman–Crippen LogP) is 0.381. The van der Waals surface area contributed by atoms with E-state index in [1.165, 1.54) is 0 Å². The fourth-order valence-electron chi connectivity index (χ4n) is 0.644. The van der Waals surface area contributed by atoms with E-state index in [0.29, 0.717) is 13.1 Å². The molecule has 0 spiro atoms. The Hall–Kier alpha value is -0.770. The number of carbonyl (C=O) groups excluding carboxylic acids is 1. The molecule has 0 radical (unpaired) electrons. The lowest BCUT2D eigenvalue weighted by atomic mass is 10.6. The van der Waals surface area contributed by atoms with Crippen molar-refractivity contribution < 1.29 is 9.53 Å². The quantitative estimate of drug-likeness (QED) is 0.586. The van der Waals surface area contributed by atoms with Crippen molar-refractivity contribution in [3.8, 4) is 0 Å². The van der Waals surface area contributed by atoms with Gasteiger partial charge in [-0.1, -0.05) is 0 Å². The van der Waals surface area contributed by atoms with E-state index in [-0.39, 0.29) is 12.8 Å². The first-order valence-corrected chi connectivity index (χ1v) is 3.38. The molecule has 0 atom stereocenters. The summed E-state index contributed by atoms with van der Waals surface area (Å²) < 4.78 is 4.55. The Bertz CT molecular complexity index is 102. The van der Waals surface area contributed by atoms with Crippen LogP contribution in [0.5, 0.6) is 0 Å². The molecule has 0 bridgehead atoms. The first kappa shape index (κ1) is 9.23. The summed E-state index contributed by atoms with van der Waals surface area (Å²) in [6.07, 6.45) is -0.340. The Morgan fingerprint density at radius 2 is 2.00 bits per heavy atom. The molecule has 60 valence electrons. The Kier molecular flexibility index (Phi) is 4.66. The largest absolute Gasteiger partial charge is 0.434 e. The van der Waals surface area contributed by atoms with Gasteiger partial charge in [0.05, 0.1) is 0 Å². The van der Waals surface area contributed by atoms with Gasteiger partial charge < -0.3 is 9.64 Å². The molecule has 0 saturated carbocycles. The maximum absolute atomic E-state index is 10.8. The second kappa shape index (κ2) is 5.05. The van der Waals surface area contributed by atoms with Crippen molar-refractivity contribution in [3.05, 3.63) is 0 Å². The summed E-state index contributed by atoms with van der Waals surface area (Å²) >= 11 is 0. The normalized spacial score (nSPS) is 9.10. The van der Waals surface area contributed by atoms with Gasteiger partial charge >= 0.3 is 6.09 Å². The molecule has 0 fully saturated rings. The Morgan fingerprint density at radius 1 is 1.50 bits per heavy atom. The maximum atomic E-state index is 10.8. The van der Waals surface area contributed by atoms with E-state index < -0.39 is 0 Å². The van der Waals surface area contributed by atoms with Gasteiger partial charge in [-0.25, -0.2) is 4.79 Å². The van der Waals surface area contributed by atoms with Crippen LogP contribution in [0.2, 0.25) is 0 Å². The minimum Gasteiger partial charge on any atom is -0.434 e. The number of hydrogen-bond acceptors (Lipinski definition) is 3. The smallest absolute Gasteiger partial charge is 0.411 e. The van der Waals surface area contributed by atoms with E-state index in [1.54, 1.807) is 4.90 Å². The predicted molar refractivity (Wildman–Crippen MR) is 38.5 cm³/mol. The van der Waals surface area contributed by atoms with Gasteiger partial charge in [-0.2, -0.15) is 0 Å². The zero-order valence-corrected chi connectivity index (χ0v) is 6.46. The SMILES string of the molecule is CCN(CC)C(=O)OCN. The minimum absolute atomic E-state index is 0.0463. The van der Waals surface area contributed by atoms with Crippen molar-refractivity contribution in [1.82, 2.24) is 4.90 Å². The summed E-state index contributed by atoms with van der Waals surface area (Å²) in [6.45, 7) is 5.06. The summed E-state index contributed by atoms with van der Waals surface area (Å²) in [5, 5.41) is 0. The number of carbonyl (C=O) groups is 1. The molecule has 4 nitrogen and oxygen atoms in total. The van der Waals surface area contributed by atoms with E-state index >= 15 is 0 Å². The molecule has 0 aliphatic rings. The highest BCUT2D eigenvalue weighted by Gasteiger charge is 2.08. The van der Waals surface area contributed by atoms with Crippen molar-refractivity contribution in [1.29, 1.82) is 0 Å². The van der Waals surface area contributed by atoms with Crippen LogP contribution < -0.4 is 5.73 Å². The first-order chi connectivity index (χ1) is 4.76. The second-order valence-corrected chi connectivity index (χ2v) is 1.75. The van der Waals surface area contributed by atoms with Crippen molar-refractivity contribution >= 4 is 6.09 Å². The second-order valence-electron chi connectivity index (χ2n) is 1.75. The highest BCUT2D eigenvalue weighted by Crippen LogP contribution is 1.90. The molecule has 0 aliphatic carbocycles. The summed E-state index contributed by atoms with van der Waals surface area (Å²) in [6, 6.07) is 0. The number of nitrogens with zero attached hydrogens (tertiary/aromatic N) is 1. The average Bonchev–Trinajstić information content (AvgIpc) is 1.91. The van der Waals surface area contributed by atoms with Crippen LogP contribution in [0.15, 0.2) is 0 Å². The summed E-state index contributed by atoms with van der Waals surface area (Å²) in [5.41, 5.74) is 5.01. The fraction of sp³-hybridized carbons (Fsp3) is 0.833. The third kappa shape index (κ3) is 2.68. The van der Waals surface area contributed by atoms with Crippen molar-refractivity contribution in [2.75, 3.05) is 19.8 Å². The topological polar surface area (TPSA) is 55.6 Å². The van der Waals surface area contributed by atoms with Crippen LogP contribution >= 0.6 is 0 Å². The van der Waals surface area contributed by atoms with E-state index in [2.05, 4.69) is 4.74 Å². The standard InChI is InChI=1S/C6H14N2O2/c1-3-8(4-2)6(9)10-5-7/h3-5,7H2,1-2H3. The van der Waals surface area contributed by atoms with Gasteiger partial charge in [-0.3, -0.25) is 5.73 Å². The van der Waals surface area contributed by atoms with E-state index in [4.69, 9.17) is 5.73 Å². The Morgan fingerprint density at radius 3 is 2.30 bits per heavy atom. The lowest BCUT2D eigenvalue weighted by Crippen LogP contribution is -2.32. The molecule has 0 aromatic heterocycles. The van der Waals surface area contributed by atoms with E-state index in [0.717, 1.165) is 0 Å². The number of hydrogen-bond donors (Lipinski definition) is 1. The number of amides is 1. The fourth-order valence-corrected chi connectivity index (χ4v) is 0.644. The molecule has 10 heavy (non-hydrogen) atoms. The molecule has 0 aromatic rings. The van der Waals surface area contributed by atoms with E-state index in [1.807, 2.05) is 13.8 Å². The zero-order valence-electron chi connectivity index (χ0n) is 6.46. The summed E-state index contributed by atoms with van der Waals surface area (Å²) in [5.74, 6) is 0. The molecule has 1 amide bonds. The lowest BCUT2D eigenvalue weighted by molar-refractivity contribution is 0.109. The van der Waals surface area contributed by atoms with Crippen molar-refractivity contribution in [2.45, 2.75) is 13.8 Å². The lowest BCUT2D eigenvalue weighted by Gasteiger charge is -2.16. The average molecular weight is 146 g/mol. The van der Waals surface area contributed by atoms with Gasteiger partial charge in [-0.15, -0.1) is 0 Å². The van der Waals surface area contributed by atoms with Crippen molar-refractivity contribution in [3.63, 3.8) is 0 Å². The zero-order chi connectivity index (χ0) is 7.98. The van der Waals surface area contributed by atoms with Gasteiger partial charge in [0.1, 0.15) is 6.73 Å². The van der Waals surface area contributed by atoms with Crippen LogP contribution in [-0.4, -0.2) is 30.8 Å². The number of rotatable bonds is 3. The van der Waals surface area contributed by atoms with Gasteiger partial charge in [0.25, 0.3) is 0 Å². The highest BCUT2D eigenvalue weighted by atomic mass is 16.6.